The lowest BCUT2D eigenvalue weighted by Gasteiger charge is -2.12. The quantitative estimate of drug-likeness (QED) is 0.514. The third kappa shape index (κ3) is 6.10. The van der Waals surface area contributed by atoms with Gasteiger partial charge in [0.15, 0.2) is 0 Å². The van der Waals surface area contributed by atoms with Crippen LogP contribution in [0.15, 0.2) is 0 Å². The maximum absolute atomic E-state index is 10.7. The van der Waals surface area contributed by atoms with Crippen LogP contribution < -0.4 is 0 Å². The van der Waals surface area contributed by atoms with Gasteiger partial charge >= 0.3 is 12.3 Å². The van der Waals surface area contributed by atoms with E-state index in [0.717, 1.165) is 0 Å². The number of carbonyl (C=O) groups is 2. The van der Waals surface area contributed by atoms with Crippen LogP contribution in [-0.4, -0.2) is 31.8 Å². The Balaban J connectivity index is 3.68. The lowest BCUT2D eigenvalue weighted by Crippen LogP contribution is -2.22. The van der Waals surface area contributed by atoms with Gasteiger partial charge in [-0.3, -0.25) is 0 Å². The zero-order valence-corrected chi connectivity index (χ0v) is 8.44. The fourth-order valence-corrected chi connectivity index (χ4v) is 0.599. The second kappa shape index (κ2) is 6.99. The first-order chi connectivity index (χ1) is 6.60. The molecule has 0 saturated heterocycles. The van der Waals surface area contributed by atoms with Gasteiger partial charge in [-0.1, -0.05) is 0 Å². The first kappa shape index (κ1) is 12.5. The van der Waals surface area contributed by atoms with Crippen molar-refractivity contribution in [3.63, 3.8) is 0 Å². The summed E-state index contributed by atoms with van der Waals surface area (Å²) in [5.41, 5.74) is 0. The van der Waals surface area contributed by atoms with Crippen LogP contribution in [-0.2, 0) is 18.9 Å². The molecule has 6 nitrogen and oxygen atoms in total. The lowest BCUT2D eigenvalue weighted by molar-refractivity contribution is -0.0924. The van der Waals surface area contributed by atoms with Crippen molar-refractivity contribution in [2.24, 2.45) is 0 Å². The van der Waals surface area contributed by atoms with Gasteiger partial charge in [-0.2, -0.15) is 0 Å². The smallest absolute Gasteiger partial charge is 0.435 e. The third-order valence-corrected chi connectivity index (χ3v) is 1.05. The van der Waals surface area contributed by atoms with Gasteiger partial charge in [0.2, 0.25) is 0 Å². The average molecular weight is 206 g/mol. The van der Waals surface area contributed by atoms with E-state index < -0.39 is 18.6 Å². The van der Waals surface area contributed by atoms with Gasteiger partial charge in [0.05, 0.1) is 13.2 Å². The third-order valence-electron chi connectivity index (χ3n) is 1.05. The molecule has 0 N–H and O–H groups in total. The normalized spacial score (nSPS) is 9.43. The molecule has 0 aromatic heterocycles. The second-order valence-electron chi connectivity index (χ2n) is 2.17. The van der Waals surface area contributed by atoms with Crippen LogP contribution in [0.2, 0.25) is 0 Å². The van der Waals surface area contributed by atoms with Crippen LogP contribution in [0.1, 0.15) is 20.8 Å². The summed E-state index contributed by atoms with van der Waals surface area (Å²) in [5, 5.41) is 0. The predicted molar refractivity (Wildman–Crippen MR) is 45.7 cm³/mol. The van der Waals surface area contributed by atoms with E-state index in [1.807, 2.05) is 0 Å². The van der Waals surface area contributed by atoms with Crippen molar-refractivity contribution in [2.75, 3.05) is 13.2 Å². The highest BCUT2D eigenvalue weighted by atomic mass is 16.8. The first-order valence-corrected chi connectivity index (χ1v) is 4.27. The van der Waals surface area contributed by atoms with Crippen LogP contribution in [0.3, 0.4) is 0 Å². The highest BCUT2D eigenvalue weighted by Crippen LogP contribution is 1.98. The highest BCUT2D eigenvalue weighted by molar-refractivity contribution is 5.62. The molecule has 82 valence electrons. The predicted octanol–water partition coefficient (Wildman–Crippen LogP) is 1.68. The minimum absolute atomic E-state index is 0.199. The van der Waals surface area contributed by atoms with Gasteiger partial charge in [-0.25, -0.2) is 9.59 Å². The van der Waals surface area contributed by atoms with E-state index in [0.29, 0.717) is 0 Å². The van der Waals surface area contributed by atoms with Crippen molar-refractivity contribution in [3.05, 3.63) is 0 Å². The second-order valence-corrected chi connectivity index (χ2v) is 2.17. The Labute approximate surface area is 82.1 Å². The molecule has 0 unspecified atom stereocenters. The summed E-state index contributed by atoms with van der Waals surface area (Å²) in [4.78, 5) is 21.4. The molecule has 0 radical (unpaired) electrons. The fourth-order valence-electron chi connectivity index (χ4n) is 0.599. The maximum Gasteiger partial charge on any atom is 0.511 e. The SMILES string of the molecule is CCOC(=O)OC(C)OC(=O)OCC. The van der Waals surface area contributed by atoms with E-state index in [4.69, 9.17) is 0 Å². The molecule has 0 rings (SSSR count). The molecule has 0 heterocycles. The van der Waals surface area contributed by atoms with E-state index in [2.05, 4.69) is 18.9 Å². The Bertz CT molecular complexity index is 170. The monoisotopic (exact) mass is 206 g/mol. The molecular formula is C8H14O6. The van der Waals surface area contributed by atoms with Crippen LogP contribution in [0, 0.1) is 0 Å². The van der Waals surface area contributed by atoms with Gasteiger partial charge in [-0.05, 0) is 13.8 Å². The maximum atomic E-state index is 10.7. The van der Waals surface area contributed by atoms with E-state index in [-0.39, 0.29) is 13.2 Å². The van der Waals surface area contributed by atoms with Gasteiger partial charge in [-0.15, -0.1) is 0 Å². The molecular weight excluding hydrogens is 192 g/mol. The summed E-state index contributed by atoms with van der Waals surface area (Å²) in [6.45, 7) is 5.06. The molecule has 0 amide bonds. The van der Waals surface area contributed by atoms with E-state index >= 15 is 0 Å². The number of carbonyl (C=O) groups excluding carboxylic acids is 2. The largest absolute Gasteiger partial charge is 0.511 e. The van der Waals surface area contributed by atoms with Crippen LogP contribution >= 0.6 is 0 Å². The van der Waals surface area contributed by atoms with E-state index in [1.165, 1.54) is 6.92 Å². The molecule has 6 heteroatoms. The van der Waals surface area contributed by atoms with Crippen molar-refractivity contribution in [1.82, 2.24) is 0 Å². The Morgan fingerprint density at radius 2 is 1.36 bits per heavy atom. The standard InChI is InChI=1S/C8H14O6/c1-4-11-7(9)13-6(3)14-8(10)12-5-2/h6H,4-5H2,1-3H3. The van der Waals surface area contributed by atoms with Crippen LogP contribution in [0.25, 0.3) is 0 Å². The molecule has 0 saturated carbocycles. The molecule has 0 aliphatic carbocycles. The van der Waals surface area contributed by atoms with Crippen molar-refractivity contribution in [3.8, 4) is 0 Å². The van der Waals surface area contributed by atoms with Gasteiger partial charge < -0.3 is 18.9 Å². The highest BCUT2D eigenvalue weighted by Gasteiger charge is 2.14. The van der Waals surface area contributed by atoms with E-state index in [1.54, 1.807) is 13.8 Å². The molecule has 0 fully saturated rings. The number of rotatable bonds is 4. The molecule has 0 atom stereocenters. The first-order valence-electron chi connectivity index (χ1n) is 4.27. The molecule has 0 aromatic carbocycles. The molecule has 0 aromatic rings. The molecule has 0 aliphatic rings. The fraction of sp³-hybridized carbons (Fsp3) is 0.750. The summed E-state index contributed by atoms with van der Waals surface area (Å²) in [7, 11) is 0. The van der Waals surface area contributed by atoms with Gasteiger partial charge in [0.1, 0.15) is 0 Å². The number of hydrogen-bond donors (Lipinski definition) is 0. The van der Waals surface area contributed by atoms with Crippen molar-refractivity contribution in [1.29, 1.82) is 0 Å². The lowest BCUT2D eigenvalue weighted by atomic mass is 10.7. The summed E-state index contributed by atoms with van der Waals surface area (Å²) in [6, 6.07) is 0. The van der Waals surface area contributed by atoms with Crippen LogP contribution in [0.4, 0.5) is 9.59 Å². The average Bonchev–Trinajstić information content (AvgIpc) is 2.03. The molecule has 0 spiro atoms. The number of ether oxygens (including phenoxy) is 4. The summed E-state index contributed by atoms with van der Waals surface area (Å²) >= 11 is 0. The van der Waals surface area contributed by atoms with Crippen molar-refractivity contribution >= 4 is 12.3 Å². The summed E-state index contributed by atoms with van der Waals surface area (Å²) < 4.78 is 18.0. The van der Waals surface area contributed by atoms with Crippen molar-refractivity contribution in [2.45, 2.75) is 27.1 Å². The zero-order chi connectivity index (χ0) is 11.0. The molecule has 14 heavy (non-hydrogen) atoms. The Morgan fingerprint density at radius 1 is 1.00 bits per heavy atom. The molecule has 0 bridgehead atoms. The Hall–Kier alpha value is -1.46. The minimum atomic E-state index is -1.02. The summed E-state index contributed by atoms with van der Waals surface area (Å²) in [6.07, 6.45) is -2.79. The van der Waals surface area contributed by atoms with Crippen molar-refractivity contribution < 1.29 is 28.5 Å². The summed E-state index contributed by atoms with van der Waals surface area (Å²) in [5.74, 6) is 0. The van der Waals surface area contributed by atoms with Gasteiger partial charge in [0.25, 0.3) is 6.29 Å². The minimum Gasteiger partial charge on any atom is -0.435 e. The van der Waals surface area contributed by atoms with Crippen LogP contribution in [0.5, 0.6) is 0 Å². The Morgan fingerprint density at radius 3 is 1.64 bits per heavy atom. The topological polar surface area (TPSA) is 71.1 Å². The Kier molecular flexibility index (Phi) is 6.26. The van der Waals surface area contributed by atoms with Gasteiger partial charge in [0, 0.05) is 6.92 Å². The molecule has 0 aliphatic heterocycles. The number of hydrogen-bond acceptors (Lipinski definition) is 6. The zero-order valence-electron chi connectivity index (χ0n) is 8.44. The van der Waals surface area contributed by atoms with E-state index in [9.17, 15) is 9.59 Å².